The van der Waals surface area contributed by atoms with Gasteiger partial charge in [-0.1, -0.05) is 48.5 Å². The van der Waals surface area contributed by atoms with Gasteiger partial charge in [0.25, 0.3) is 5.91 Å². The van der Waals surface area contributed by atoms with Crippen LogP contribution in [0.2, 0.25) is 0 Å². The molecule has 2 aromatic carbocycles. The number of anilines is 1. The van der Waals surface area contributed by atoms with E-state index < -0.39 is 6.10 Å². The average molecular weight is 295 g/mol. The molecule has 1 unspecified atom stereocenters. The molecule has 0 bridgehead atoms. The van der Waals surface area contributed by atoms with Gasteiger partial charge >= 0.3 is 0 Å². The Labute approximate surface area is 129 Å². The summed E-state index contributed by atoms with van der Waals surface area (Å²) in [5.41, 5.74) is 1.76. The fourth-order valence-electron chi connectivity index (χ4n) is 2.55. The van der Waals surface area contributed by atoms with Crippen molar-refractivity contribution in [3.8, 4) is 0 Å². The van der Waals surface area contributed by atoms with Crippen LogP contribution in [0.4, 0.5) is 5.69 Å². The fourth-order valence-corrected chi connectivity index (χ4v) is 2.55. The van der Waals surface area contributed by atoms with Crippen LogP contribution in [0, 0.1) is 0 Å². The van der Waals surface area contributed by atoms with Crippen LogP contribution in [0.5, 0.6) is 0 Å². The predicted molar refractivity (Wildman–Crippen MR) is 83.4 cm³/mol. The molecule has 0 aliphatic carbocycles. The maximum atomic E-state index is 12.3. The number of hydrogen-bond donors (Lipinski definition) is 0. The molecule has 4 nitrogen and oxygen atoms in total. The molecule has 3 rings (SSSR count). The van der Waals surface area contributed by atoms with Gasteiger partial charge in [0, 0.05) is 0 Å². The summed E-state index contributed by atoms with van der Waals surface area (Å²) in [5, 5.41) is 0. The quantitative estimate of drug-likeness (QED) is 0.797. The Hall–Kier alpha value is -2.46. The highest BCUT2D eigenvalue weighted by molar-refractivity contribution is 6.22. The smallest absolute Gasteiger partial charge is 0.263 e. The molecule has 1 aliphatic rings. The SMILES string of the molecule is O=C1CC(OCCc2ccccc2)C(=O)N1c1ccccc1. The van der Waals surface area contributed by atoms with Crippen LogP contribution >= 0.6 is 0 Å². The Morgan fingerprint density at radius 3 is 2.27 bits per heavy atom. The molecule has 112 valence electrons. The number of amides is 2. The summed E-state index contributed by atoms with van der Waals surface area (Å²) in [7, 11) is 0. The number of para-hydroxylation sites is 1. The summed E-state index contributed by atoms with van der Waals surface area (Å²) in [5.74, 6) is -0.481. The van der Waals surface area contributed by atoms with Crippen molar-refractivity contribution in [2.45, 2.75) is 18.9 Å². The minimum atomic E-state index is -0.670. The maximum absolute atomic E-state index is 12.3. The van der Waals surface area contributed by atoms with Gasteiger partial charge in [-0.05, 0) is 24.1 Å². The van der Waals surface area contributed by atoms with Crippen LogP contribution in [0.3, 0.4) is 0 Å². The lowest BCUT2D eigenvalue weighted by Gasteiger charge is -2.15. The van der Waals surface area contributed by atoms with Crippen LogP contribution in [0.1, 0.15) is 12.0 Å². The van der Waals surface area contributed by atoms with E-state index in [-0.39, 0.29) is 18.2 Å². The van der Waals surface area contributed by atoms with Crippen molar-refractivity contribution in [1.82, 2.24) is 0 Å². The molecule has 1 atom stereocenters. The molecular weight excluding hydrogens is 278 g/mol. The molecule has 0 saturated carbocycles. The molecule has 1 saturated heterocycles. The van der Waals surface area contributed by atoms with Crippen LogP contribution in [-0.4, -0.2) is 24.5 Å². The third kappa shape index (κ3) is 3.07. The van der Waals surface area contributed by atoms with Gasteiger partial charge in [0.15, 0.2) is 0 Å². The van der Waals surface area contributed by atoms with E-state index in [0.717, 1.165) is 12.0 Å². The monoisotopic (exact) mass is 295 g/mol. The highest BCUT2D eigenvalue weighted by atomic mass is 16.5. The maximum Gasteiger partial charge on any atom is 0.263 e. The molecule has 1 fully saturated rings. The van der Waals surface area contributed by atoms with Crippen molar-refractivity contribution in [2.75, 3.05) is 11.5 Å². The number of hydrogen-bond acceptors (Lipinski definition) is 3. The number of carbonyl (C=O) groups excluding carboxylic acids is 2. The van der Waals surface area contributed by atoms with Crippen molar-refractivity contribution < 1.29 is 14.3 Å². The van der Waals surface area contributed by atoms with Crippen molar-refractivity contribution in [1.29, 1.82) is 0 Å². The average Bonchev–Trinajstić information content (AvgIpc) is 2.83. The van der Waals surface area contributed by atoms with Crippen LogP contribution in [0.25, 0.3) is 0 Å². The van der Waals surface area contributed by atoms with E-state index in [4.69, 9.17) is 4.74 Å². The van der Waals surface area contributed by atoms with Gasteiger partial charge in [-0.3, -0.25) is 9.59 Å². The number of imide groups is 1. The Kier molecular flexibility index (Phi) is 4.30. The Balaban J connectivity index is 1.60. The molecular formula is C18H17NO3. The van der Waals surface area contributed by atoms with E-state index >= 15 is 0 Å². The largest absolute Gasteiger partial charge is 0.367 e. The molecule has 22 heavy (non-hydrogen) atoms. The second kappa shape index (κ2) is 6.54. The molecule has 2 amide bonds. The highest BCUT2D eigenvalue weighted by Gasteiger charge is 2.40. The molecule has 1 heterocycles. The topological polar surface area (TPSA) is 46.6 Å². The lowest BCUT2D eigenvalue weighted by Crippen LogP contribution is -2.33. The Bertz CT molecular complexity index is 655. The number of carbonyl (C=O) groups is 2. The van der Waals surface area contributed by atoms with Crippen molar-refractivity contribution in [3.63, 3.8) is 0 Å². The lowest BCUT2D eigenvalue weighted by atomic mass is 10.2. The number of ether oxygens (including phenoxy) is 1. The predicted octanol–water partition coefficient (Wildman–Crippen LogP) is 2.58. The first kappa shape index (κ1) is 14.5. The van der Waals surface area contributed by atoms with Gasteiger partial charge in [0.2, 0.25) is 5.91 Å². The normalized spacial score (nSPS) is 18.0. The third-order valence-corrected chi connectivity index (χ3v) is 3.67. The first-order valence-corrected chi connectivity index (χ1v) is 7.33. The Morgan fingerprint density at radius 2 is 1.59 bits per heavy atom. The van der Waals surface area contributed by atoms with E-state index in [2.05, 4.69) is 0 Å². The molecule has 0 radical (unpaired) electrons. The standard InChI is InChI=1S/C18H17NO3/c20-17-13-16(22-12-11-14-7-3-1-4-8-14)18(21)19(17)15-9-5-2-6-10-15/h1-10,16H,11-13H2. The third-order valence-electron chi connectivity index (χ3n) is 3.67. The van der Waals surface area contributed by atoms with Gasteiger partial charge in [-0.2, -0.15) is 0 Å². The molecule has 4 heteroatoms. The fraction of sp³-hybridized carbons (Fsp3) is 0.222. The van der Waals surface area contributed by atoms with E-state index in [1.165, 1.54) is 4.90 Å². The zero-order valence-corrected chi connectivity index (χ0v) is 12.1. The number of rotatable bonds is 5. The summed E-state index contributed by atoms with van der Waals surface area (Å²) >= 11 is 0. The zero-order chi connectivity index (χ0) is 15.4. The summed E-state index contributed by atoms with van der Waals surface area (Å²) < 4.78 is 5.63. The number of nitrogens with zero attached hydrogens (tertiary/aromatic N) is 1. The van der Waals surface area contributed by atoms with Gasteiger partial charge in [0.05, 0.1) is 18.7 Å². The van der Waals surface area contributed by atoms with E-state index in [9.17, 15) is 9.59 Å². The summed E-state index contributed by atoms with van der Waals surface area (Å²) in [6.45, 7) is 0.427. The van der Waals surface area contributed by atoms with Gasteiger partial charge < -0.3 is 4.74 Å². The molecule has 2 aromatic rings. The minimum Gasteiger partial charge on any atom is -0.367 e. The van der Waals surface area contributed by atoms with E-state index in [0.29, 0.717) is 12.3 Å². The first-order chi connectivity index (χ1) is 10.8. The van der Waals surface area contributed by atoms with Crippen molar-refractivity contribution in [3.05, 3.63) is 66.2 Å². The summed E-state index contributed by atoms with van der Waals surface area (Å²) in [4.78, 5) is 25.6. The van der Waals surface area contributed by atoms with E-state index in [1.807, 2.05) is 36.4 Å². The first-order valence-electron chi connectivity index (χ1n) is 7.33. The Morgan fingerprint density at radius 1 is 0.955 bits per heavy atom. The molecule has 1 aliphatic heterocycles. The zero-order valence-electron chi connectivity index (χ0n) is 12.1. The van der Waals surface area contributed by atoms with Crippen LogP contribution in [-0.2, 0) is 20.7 Å². The summed E-state index contributed by atoms with van der Waals surface area (Å²) in [6.07, 6.45) is 0.170. The lowest BCUT2D eigenvalue weighted by molar-refractivity contribution is -0.127. The second-order valence-corrected chi connectivity index (χ2v) is 5.20. The van der Waals surface area contributed by atoms with Crippen molar-refractivity contribution in [2.24, 2.45) is 0 Å². The van der Waals surface area contributed by atoms with Crippen molar-refractivity contribution >= 4 is 17.5 Å². The van der Waals surface area contributed by atoms with Crippen LogP contribution in [0.15, 0.2) is 60.7 Å². The van der Waals surface area contributed by atoms with E-state index in [1.54, 1.807) is 24.3 Å². The minimum absolute atomic E-state index is 0.114. The van der Waals surface area contributed by atoms with Gasteiger partial charge in [-0.15, -0.1) is 0 Å². The second-order valence-electron chi connectivity index (χ2n) is 5.20. The molecule has 0 spiro atoms. The van der Waals surface area contributed by atoms with Gasteiger partial charge in [-0.25, -0.2) is 4.90 Å². The van der Waals surface area contributed by atoms with Crippen LogP contribution < -0.4 is 4.90 Å². The highest BCUT2D eigenvalue weighted by Crippen LogP contribution is 2.24. The molecule has 0 aromatic heterocycles. The molecule has 0 N–H and O–H groups in total. The van der Waals surface area contributed by atoms with Gasteiger partial charge in [0.1, 0.15) is 6.10 Å². The summed E-state index contributed by atoms with van der Waals surface area (Å²) in [6, 6.07) is 18.9. The number of benzene rings is 2.